The minimum Gasteiger partial charge on any atom is -0.352 e. The van der Waals surface area contributed by atoms with Gasteiger partial charge in [-0.2, -0.15) is 0 Å². The SMILES string of the molecule is CCn1c(NC2CCNC2)nc2c([N+](=O)[O-])c(Br)c(Br)cc21.Cl. The maximum atomic E-state index is 11.4. The quantitative estimate of drug-likeness (QED) is 0.527. The van der Waals surface area contributed by atoms with Gasteiger partial charge in [-0.3, -0.25) is 10.1 Å². The molecule has 2 N–H and O–H groups in total. The van der Waals surface area contributed by atoms with Gasteiger partial charge in [-0.15, -0.1) is 12.4 Å². The molecule has 1 unspecified atom stereocenters. The van der Waals surface area contributed by atoms with Crippen molar-refractivity contribution in [2.24, 2.45) is 0 Å². The number of nitro benzene ring substituents is 1. The molecule has 1 saturated heterocycles. The van der Waals surface area contributed by atoms with E-state index in [1.807, 2.05) is 17.6 Å². The fraction of sp³-hybridized carbons (Fsp3) is 0.462. The van der Waals surface area contributed by atoms with Crippen LogP contribution in [0.3, 0.4) is 0 Å². The molecule has 0 spiro atoms. The van der Waals surface area contributed by atoms with Crippen molar-refractivity contribution in [3.63, 3.8) is 0 Å². The Bertz CT molecular complexity index is 746. The second-order valence-electron chi connectivity index (χ2n) is 5.16. The summed E-state index contributed by atoms with van der Waals surface area (Å²) in [6, 6.07) is 2.16. The summed E-state index contributed by atoms with van der Waals surface area (Å²) in [4.78, 5) is 15.5. The van der Waals surface area contributed by atoms with Crippen LogP contribution in [0.4, 0.5) is 11.6 Å². The number of fused-ring (bicyclic) bond motifs is 1. The first-order valence-corrected chi connectivity index (χ1v) is 8.61. The predicted molar refractivity (Wildman–Crippen MR) is 99.6 cm³/mol. The molecular weight excluding hydrogens is 453 g/mol. The highest BCUT2D eigenvalue weighted by molar-refractivity contribution is 9.13. The van der Waals surface area contributed by atoms with Crippen molar-refractivity contribution >= 4 is 66.9 Å². The number of nitro groups is 1. The van der Waals surface area contributed by atoms with Crippen molar-refractivity contribution in [1.29, 1.82) is 0 Å². The number of hydrogen-bond donors (Lipinski definition) is 2. The predicted octanol–water partition coefficient (Wildman–Crippen LogP) is 3.69. The van der Waals surface area contributed by atoms with Crippen LogP contribution in [0.15, 0.2) is 15.0 Å². The fourth-order valence-electron chi connectivity index (χ4n) is 2.74. The van der Waals surface area contributed by atoms with Crippen molar-refractivity contribution in [2.75, 3.05) is 18.4 Å². The zero-order chi connectivity index (χ0) is 15.9. The van der Waals surface area contributed by atoms with E-state index in [4.69, 9.17) is 0 Å². The smallest absolute Gasteiger partial charge is 0.312 e. The number of benzene rings is 1. The van der Waals surface area contributed by atoms with Gasteiger partial charge in [0, 0.05) is 23.6 Å². The van der Waals surface area contributed by atoms with E-state index in [2.05, 4.69) is 47.5 Å². The zero-order valence-corrected chi connectivity index (χ0v) is 16.3. The van der Waals surface area contributed by atoms with Crippen molar-refractivity contribution in [2.45, 2.75) is 25.9 Å². The Morgan fingerprint density at radius 3 is 2.87 bits per heavy atom. The Hall–Kier alpha value is -0.900. The molecule has 0 bridgehead atoms. The van der Waals surface area contributed by atoms with Gasteiger partial charge in [-0.05, 0) is 57.8 Å². The Morgan fingerprint density at radius 1 is 1.57 bits per heavy atom. The summed E-state index contributed by atoms with van der Waals surface area (Å²) in [5.41, 5.74) is 1.14. The van der Waals surface area contributed by atoms with Gasteiger partial charge in [0.05, 0.1) is 10.4 Å². The molecule has 0 saturated carbocycles. The molecule has 7 nitrogen and oxygen atoms in total. The number of rotatable bonds is 4. The second kappa shape index (κ2) is 7.33. The third kappa shape index (κ3) is 3.33. The molecule has 0 amide bonds. The van der Waals surface area contributed by atoms with Crippen molar-refractivity contribution < 1.29 is 4.92 Å². The number of hydrogen-bond acceptors (Lipinski definition) is 5. The van der Waals surface area contributed by atoms with E-state index in [1.165, 1.54) is 0 Å². The molecule has 1 aliphatic rings. The first kappa shape index (κ1) is 18.4. The van der Waals surface area contributed by atoms with Crippen LogP contribution in [0.1, 0.15) is 13.3 Å². The van der Waals surface area contributed by atoms with E-state index < -0.39 is 4.92 Å². The summed E-state index contributed by atoms with van der Waals surface area (Å²) in [6.07, 6.45) is 1.02. The van der Waals surface area contributed by atoms with Crippen LogP contribution in [0.25, 0.3) is 11.0 Å². The lowest BCUT2D eigenvalue weighted by Crippen LogP contribution is -2.24. The molecule has 1 aromatic heterocycles. The molecular formula is C13H16Br2ClN5O2. The molecule has 2 aromatic rings. The van der Waals surface area contributed by atoms with Crippen molar-refractivity contribution in [3.05, 3.63) is 25.1 Å². The summed E-state index contributed by atoms with van der Waals surface area (Å²) >= 11 is 6.65. The Morgan fingerprint density at radius 2 is 2.30 bits per heavy atom. The molecule has 0 radical (unpaired) electrons. The van der Waals surface area contributed by atoms with Crippen LogP contribution in [-0.4, -0.2) is 33.6 Å². The summed E-state index contributed by atoms with van der Waals surface area (Å²) in [5, 5.41) is 18.1. The van der Waals surface area contributed by atoms with Gasteiger partial charge in [0.25, 0.3) is 0 Å². The third-order valence-corrected chi connectivity index (χ3v) is 5.76. The van der Waals surface area contributed by atoms with Gasteiger partial charge in [-0.1, -0.05) is 0 Å². The Labute approximate surface area is 156 Å². The summed E-state index contributed by atoms with van der Waals surface area (Å²) < 4.78 is 3.04. The number of aryl methyl sites for hydroxylation is 1. The highest BCUT2D eigenvalue weighted by atomic mass is 79.9. The molecule has 126 valence electrons. The minimum atomic E-state index is -0.398. The van der Waals surface area contributed by atoms with Crippen LogP contribution in [0, 0.1) is 10.1 Å². The van der Waals surface area contributed by atoms with Gasteiger partial charge in [0.1, 0.15) is 4.47 Å². The van der Waals surface area contributed by atoms with Gasteiger partial charge in [0.2, 0.25) is 5.95 Å². The summed E-state index contributed by atoms with van der Waals surface area (Å²) in [7, 11) is 0. The van der Waals surface area contributed by atoms with E-state index in [0.717, 1.165) is 25.0 Å². The zero-order valence-electron chi connectivity index (χ0n) is 12.3. The lowest BCUT2D eigenvalue weighted by molar-refractivity contribution is -0.384. The van der Waals surface area contributed by atoms with Crippen LogP contribution < -0.4 is 10.6 Å². The van der Waals surface area contributed by atoms with E-state index in [-0.39, 0.29) is 18.1 Å². The fourth-order valence-corrected chi connectivity index (χ4v) is 3.60. The van der Waals surface area contributed by atoms with Gasteiger partial charge >= 0.3 is 5.69 Å². The molecule has 1 atom stereocenters. The van der Waals surface area contributed by atoms with E-state index in [0.29, 0.717) is 33.0 Å². The van der Waals surface area contributed by atoms with Crippen LogP contribution >= 0.6 is 44.3 Å². The average Bonchev–Trinajstić information content (AvgIpc) is 3.07. The lowest BCUT2D eigenvalue weighted by Gasteiger charge is -2.13. The summed E-state index contributed by atoms with van der Waals surface area (Å²) in [6.45, 7) is 4.54. The minimum absolute atomic E-state index is 0. The largest absolute Gasteiger partial charge is 0.352 e. The molecule has 1 aromatic carbocycles. The summed E-state index contributed by atoms with van der Waals surface area (Å²) in [5.74, 6) is 0.680. The number of nitrogens with zero attached hydrogens (tertiary/aromatic N) is 3. The van der Waals surface area contributed by atoms with E-state index in [9.17, 15) is 10.1 Å². The highest BCUT2D eigenvalue weighted by Gasteiger charge is 2.26. The highest BCUT2D eigenvalue weighted by Crippen LogP contribution is 2.40. The molecule has 1 fully saturated rings. The molecule has 0 aliphatic carbocycles. The molecule has 1 aliphatic heterocycles. The monoisotopic (exact) mass is 467 g/mol. The molecule has 3 rings (SSSR count). The average molecular weight is 470 g/mol. The van der Waals surface area contributed by atoms with Crippen LogP contribution in [0.5, 0.6) is 0 Å². The number of halogens is 3. The molecule has 10 heteroatoms. The van der Waals surface area contributed by atoms with E-state index >= 15 is 0 Å². The maximum Gasteiger partial charge on any atom is 0.312 e. The van der Waals surface area contributed by atoms with Crippen LogP contribution in [0.2, 0.25) is 0 Å². The van der Waals surface area contributed by atoms with Gasteiger partial charge in [0.15, 0.2) is 5.52 Å². The third-order valence-electron chi connectivity index (χ3n) is 3.80. The van der Waals surface area contributed by atoms with Gasteiger partial charge < -0.3 is 15.2 Å². The second-order valence-corrected chi connectivity index (χ2v) is 6.81. The standard InChI is InChI=1S/C13H15Br2N5O2.ClH/c1-2-19-9-5-8(14)10(15)12(20(21)22)11(9)18-13(19)17-7-3-4-16-6-7;/h5,7,16H,2-4,6H2,1H3,(H,17,18);1H. The molecule has 23 heavy (non-hydrogen) atoms. The van der Waals surface area contributed by atoms with Crippen molar-refractivity contribution in [1.82, 2.24) is 14.9 Å². The van der Waals surface area contributed by atoms with Crippen molar-refractivity contribution in [3.8, 4) is 0 Å². The Balaban J connectivity index is 0.00000192. The Kier molecular flexibility index (Phi) is 5.88. The lowest BCUT2D eigenvalue weighted by atomic mass is 10.2. The normalized spacial score (nSPS) is 17.3. The van der Waals surface area contributed by atoms with Gasteiger partial charge in [-0.25, -0.2) is 4.98 Å². The number of nitrogens with one attached hydrogen (secondary N) is 2. The number of aromatic nitrogens is 2. The van der Waals surface area contributed by atoms with E-state index in [1.54, 1.807) is 0 Å². The topological polar surface area (TPSA) is 85.0 Å². The maximum absolute atomic E-state index is 11.4. The number of anilines is 1. The first-order valence-electron chi connectivity index (χ1n) is 7.02. The number of imidazole rings is 1. The first-order chi connectivity index (χ1) is 10.5. The van der Waals surface area contributed by atoms with Crippen LogP contribution in [-0.2, 0) is 6.54 Å². The molecule has 2 heterocycles.